The van der Waals surface area contributed by atoms with Crippen molar-refractivity contribution in [1.82, 2.24) is 9.97 Å². The van der Waals surface area contributed by atoms with Gasteiger partial charge in [0.05, 0.1) is 24.2 Å². The minimum absolute atomic E-state index is 0.170. The van der Waals surface area contributed by atoms with Gasteiger partial charge in [-0.05, 0) is 6.92 Å². The van der Waals surface area contributed by atoms with Gasteiger partial charge in [0.1, 0.15) is 11.9 Å². The molecule has 1 aliphatic rings. The van der Waals surface area contributed by atoms with Crippen LogP contribution in [-0.4, -0.2) is 30.2 Å². The molecule has 0 aliphatic carbocycles. The Morgan fingerprint density at radius 2 is 2.00 bits per heavy atom. The molecule has 13 heavy (non-hydrogen) atoms. The lowest BCUT2D eigenvalue weighted by Crippen LogP contribution is -2.11. The van der Waals surface area contributed by atoms with Crippen LogP contribution < -0.4 is 4.90 Å². The molecule has 2 rings (SSSR count). The number of ether oxygens (including phenoxy) is 1. The summed E-state index contributed by atoms with van der Waals surface area (Å²) in [7, 11) is 3.89. The zero-order chi connectivity index (χ0) is 9.42. The van der Waals surface area contributed by atoms with Crippen LogP contribution in [0.5, 0.6) is 0 Å². The van der Waals surface area contributed by atoms with E-state index in [4.69, 9.17) is 4.74 Å². The Morgan fingerprint density at radius 3 is 2.38 bits per heavy atom. The average Bonchev–Trinajstić information content (AvgIpc) is 2.83. The van der Waals surface area contributed by atoms with Crippen molar-refractivity contribution < 1.29 is 4.74 Å². The fraction of sp³-hybridized carbons (Fsp3) is 0.556. The van der Waals surface area contributed by atoms with E-state index < -0.39 is 0 Å². The maximum atomic E-state index is 5.29. The first-order valence-corrected chi connectivity index (χ1v) is 4.33. The molecule has 2 heterocycles. The van der Waals surface area contributed by atoms with Crippen molar-refractivity contribution in [3.05, 3.63) is 18.1 Å². The van der Waals surface area contributed by atoms with Crippen LogP contribution in [0.2, 0.25) is 0 Å². The highest BCUT2D eigenvalue weighted by molar-refractivity contribution is 5.33. The number of hydrogen-bond acceptors (Lipinski definition) is 4. The van der Waals surface area contributed by atoms with Gasteiger partial charge in [0.25, 0.3) is 0 Å². The van der Waals surface area contributed by atoms with Crippen molar-refractivity contribution in [3.8, 4) is 0 Å². The lowest BCUT2D eigenvalue weighted by atomic mass is 10.3. The van der Waals surface area contributed by atoms with Crippen LogP contribution in [0, 0.1) is 0 Å². The van der Waals surface area contributed by atoms with Crippen LogP contribution in [0.15, 0.2) is 12.4 Å². The van der Waals surface area contributed by atoms with E-state index >= 15 is 0 Å². The molecule has 0 aromatic carbocycles. The molecule has 70 valence electrons. The summed E-state index contributed by atoms with van der Waals surface area (Å²) in [5.41, 5.74) is 0.929. The second kappa shape index (κ2) is 2.96. The first-order chi connectivity index (χ1) is 6.18. The maximum Gasteiger partial charge on any atom is 0.146 e. The summed E-state index contributed by atoms with van der Waals surface area (Å²) in [6, 6.07) is 0. The molecule has 1 aliphatic heterocycles. The Hall–Kier alpha value is -1.16. The van der Waals surface area contributed by atoms with Gasteiger partial charge in [-0.15, -0.1) is 0 Å². The van der Waals surface area contributed by atoms with Crippen LogP contribution in [0.3, 0.4) is 0 Å². The molecule has 0 N–H and O–H groups in total. The largest absolute Gasteiger partial charge is 0.363 e. The number of hydrogen-bond donors (Lipinski definition) is 0. The number of anilines is 1. The minimum Gasteiger partial charge on any atom is -0.363 e. The van der Waals surface area contributed by atoms with E-state index in [2.05, 4.69) is 9.97 Å². The summed E-state index contributed by atoms with van der Waals surface area (Å²) >= 11 is 0. The lowest BCUT2D eigenvalue weighted by molar-refractivity contribution is 0.380. The molecule has 1 aromatic rings. The topological polar surface area (TPSA) is 41.6 Å². The van der Waals surface area contributed by atoms with E-state index in [-0.39, 0.29) is 6.10 Å². The van der Waals surface area contributed by atoms with Gasteiger partial charge in [0, 0.05) is 14.1 Å². The highest BCUT2D eigenvalue weighted by Crippen LogP contribution is 2.36. The normalized spacial score (nSPS) is 25.8. The molecule has 1 fully saturated rings. The van der Waals surface area contributed by atoms with Gasteiger partial charge in [-0.1, -0.05) is 0 Å². The monoisotopic (exact) mass is 179 g/mol. The number of epoxide rings is 1. The molecule has 2 atom stereocenters. The highest BCUT2D eigenvalue weighted by Gasteiger charge is 2.37. The lowest BCUT2D eigenvalue weighted by Gasteiger charge is -2.09. The van der Waals surface area contributed by atoms with E-state index in [1.54, 1.807) is 12.4 Å². The van der Waals surface area contributed by atoms with Crippen LogP contribution in [0.1, 0.15) is 18.7 Å². The van der Waals surface area contributed by atoms with E-state index in [9.17, 15) is 0 Å². The molecule has 4 heteroatoms. The highest BCUT2D eigenvalue weighted by atomic mass is 16.6. The predicted octanol–water partition coefficient (Wildman–Crippen LogP) is 1.00. The SMILES string of the molecule is CC1OC1c1cnc(N(C)C)cn1. The summed E-state index contributed by atoms with van der Waals surface area (Å²) in [5.74, 6) is 0.872. The second-order valence-corrected chi connectivity index (χ2v) is 3.46. The molecule has 4 nitrogen and oxygen atoms in total. The van der Waals surface area contributed by atoms with E-state index in [0.717, 1.165) is 11.5 Å². The van der Waals surface area contributed by atoms with Crippen LogP contribution >= 0.6 is 0 Å². The fourth-order valence-corrected chi connectivity index (χ4v) is 1.21. The van der Waals surface area contributed by atoms with Crippen molar-refractivity contribution in [2.75, 3.05) is 19.0 Å². The molecule has 0 amide bonds. The van der Waals surface area contributed by atoms with Gasteiger partial charge < -0.3 is 9.64 Å². The number of aromatic nitrogens is 2. The number of rotatable bonds is 2. The zero-order valence-electron chi connectivity index (χ0n) is 8.06. The Balaban J connectivity index is 2.14. The van der Waals surface area contributed by atoms with Crippen LogP contribution in [-0.2, 0) is 4.74 Å². The van der Waals surface area contributed by atoms with E-state index in [1.165, 1.54) is 0 Å². The molecule has 1 saturated heterocycles. The minimum atomic E-state index is 0.170. The molecular weight excluding hydrogens is 166 g/mol. The summed E-state index contributed by atoms with van der Waals surface area (Å²) in [6.07, 6.45) is 4.02. The Labute approximate surface area is 77.6 Å². The zero-order valence-corrected chi connectivity index (χ0v) is 8.06. The van der Waals surface area contributed by atoms with Crippen molar-refractivity contribution >= 4 is 5.82 Å². The predicted molar refractivity (Wildman–Crippen MR) is 49.6 cm³/mol. The number of nitrogens with zero attached hydrogens (tertiary/aromatic N) is 3. The van der Waals surface area contributed by atoms with Crippen molar-refractivity contribution in [2.45, 2.75) is 19.1 Å². The molecular formula is C9H13N3O. The van der Waals surface area contributed by atoms with Gasteiger partial charge in [-0.25, -0.2) is 4.98 Å². The molecule has 0 saturated carbocycles. The third-order valence-electron chi connectivity index (χ3n) is 2.12. The second-order valence-electron chi connectivity index (χ2n) is 3.46. The van der Waals surface area contributed by atoms with Gasteiger partial charge >= 0.3 is 0 Å². The van der Waals surface area contributed by atoms with Crippen molar-refractivity contribution in [3.63, 3.8) is 0 Å². The fourth-order valence-electron chi connectivity index (χ4n) is 1.21. The van der Waals surface area contributed by atoms with Crippen molar-refractivity contribution in [2.24, 2.45) is 0 Å². The Morgan fingerprint density at radius 1 is 1.31 bits per heavy atom. The first-order valence-electron chi connectivity index (χ1n) is 4.33. The van der Waals surface area contributed by atoms with Gasteiger partial charge in [-0.3, -0.25) is 4.98 Å². The third-order valence-corrected chi connectivity index (χ3v) is 2.12. The first kappa shape index (κ1) is 8.44. The van der Waals surface area contributed by atoms with Gasteiger partial charge in [0.2, 0.25) is 0 Å². The third kappa shape index (κ3) is 1.62. The summed E-state index contributed by atoms with van der Waals surface area (Å²) in [5, 5.41) is 0. The smallest absolute Gasteiger partial charge is 0.146 e. The Kier molecular flexibility index (Phi) is 1.92. The molecule has 2 unspecified atom stereocenters. The van der Waals surface area contributed by atoms with E-state index in [1.807, 2.05) is 25.9 Å². The van der Waals surface area contributed by atoms with E-state index in [0.29, 0.717) is 6.10 Å². The van der Waals surface area contributed by atoms with Crippen molar-refractivity contribution in [1.29, 1.82) is 0 Å². The standard InChI is InChI=1S/C9H13N3O/c1-6-9(13-6)7-4-11-8(5-10-7)12(2)3/h4-6,9H,1-3H3. The van der Waals surface area contributed by atoms with Crippen LogP contribution in [0.4, 0.5) is 5.82 Å². The van der Waals surface area contributed by atoms with Gasteiger partial charge in [0.15, 0.2) is 0 Å². The molecule has 0 spiro atoms. The van der Waals surface area contributed by atoms with Gasteiger partial charge in [-0.2, -0.15) is 0 Å². The average molecular weight is 179 g/mol. The molecule has 0 radical (unpaired) electrons. The Bertz CT molecular complexity index is 296. The summed E-state index contributed by atoms with van der Waals surface area (Å²) in [4.78, 5) is 10.5. The summed E-state index contributed by atoms with van der Waals surface area (Å²) in [6.45, 7) is 2.03. The molecule has 1 aromatic heterocycles. The quantitative estimate of drug-likeness (QED) is 0.635. The van der Waals surface area contributed by atoms with Crippen LogP contribution in [0.25, 0.3) is 0 Å². The summed E-state index contributed by atoms with van der Waals surface area (Å²) < 4.78 is 5.29. The maximum absolute atomic E-state index is 5.29. The molecule has 0 bridgehead atoms.